The molecule has 1 aromatic carbocycles. The van der Waals surface area contributed by atoms with E-state index in [0.717, 1.165) is 32.7 Å². The maximum atomic E-state index is 12.6. The van der Waals surface area contributed by atoms with E-state index in [1.807, 2.05) is 27.8 Å². The Morgan fingerprint density at radius 2 is 1.87 bits per heavy atom. The Hall–Kier alpha value is -2.21. The fraction of sp³-hybridized carbons (Fsp3) is 0.294. The molecular formula is C17H18N4OS. The summed E-state index contributed by atoms with van der Waals surface area (Å²) < 4.78 is 1.71. The largest absolute Gasteiger partial charge is 0.293 e. The summed E-state index contributed by atoms with van der Waals surface area (Å²) in [7, 11) is 1.84. The molecule has 0 N–H and O–H groups in total. The van der Waals surface area contributed by atoms with Crippen molar-refractivity contribution in [2.45, 2.75) is 25.8 Å². The summed E-state index contributed by atoms with van der Waals surface area (Å²) in [4.78, 5) is 21.1. The molecule has 23 heavy (non-hydrogen) atoms. The summed E-state index contributed by atoms with van der Waals surface area (Å²) in [6.07, 6.45) is 3.25. The van der Waals surface area contributed by atoms with Crippen LogP contribution < -0.4 is 0 Å². The Balaban J connectivity index is 1.84. The molecule has 6 heteroatoms. The van der Waals surface area contributed by atoms with Crippen molar-refractivity contribution >= 4 is 28.6 Å². The van der Waals surface area contributed by atoms with Gasteiger partial charge in [0.05, 0.1) is 17.3 Å². The van der Waals surface area contributed by atoms with Crippen molar-refractivity contribution in [3.63, 3.8) is 0 Å². The van der Waals surface area contributed by atoms with Crippen molar-refractivity contribution in [1.82, 2.24) is 19.7 Å². The average molecular weight is 326 g/mol. The summed E-state index contributed by atoms with van der Waals surface area (Å²) in [5.74, 6) is 0.479. The van der Waals surface area contributed by atoms with Gasteiger partial charge in [0.15, 0.2) is 11.4 Å². The number of fused-ring (bicyclic) bond motifs is 1. The Bertz CT molecular complexity index is 878. The highest BCUT2D eigenvalue weighted by atomic mass is 32.2. The van der Waals surface area contributed by atoms with Crippen LogP contribution in [0.3, 0.4) is 0 Å². The van der Waals surface area contributed by atoms with E-state index in [-0.39, 0.29) is 5.78 Å². The zero-order valence-electron chi connectivity index (χ0n) is 13.6. The van der Waals surface area contributed by atoms with Crippen LogP contribution >= 0.6 is 11.8 Å². The molecule has 0 atom stereocenters. The second kappa shape index (κ2) is 6.12. The van der Waals surface area contributed by atoms with E-state index >= 15 is 0 Å². The molecule has 0 bridgehead atoms. The molecule has 0 aliphatic heterocycles. The van der Waals surface area contributed by atoms with E-state index in [4.69, 9.17) is 0 Å². The zero-order valence-corrected chi connectivity index (χ0v) is 14.4. The molecule has 0 saturated carbocycles. The van der Waals surface area contributed by atoms with Gasteiger partial charge in [0.2, 0.25) is 0 Å². The van der Waals surface area contributed by atoms with Crippen LogP contribution in [-0.2, 0) is 7.05 Å². The fourth-order valence-corrected chi connectivity index (χ4v) is 3.71. The van der Waals surface area contributed by atoms with Crippen molar-refractivity contribution in [1.29, 1.82) is 0 Å². The van der Waals surface area contributed by atoms with E-state index in [1.54, 1.807) is 10.9 Å². The van der Waals surface area contributed by atoms with Crippen LogP contribution in [0.1, 0.15) is 27.0 Å². The van der Waals surface area contributed by atoms with Crippen molar-refractivity contribution in [2.75, 3.05) is 5.75 Å². The number of aryl methyl sites for hydroxylation is 4. The summed E-state index contributed by atoms with van der Waals surface area (Å²) in [5, 5.41) is 5.87. The first-order valence-corrected chi connectivity index (χ1v) is 8.32. The molecule has 0 amide bonds. The lowest BCUT2D eigenvalue weighted by Gasteiger charge is -2.10. The number of benzene rings is 1. The van der Waals surface area contributed by atoms with Crippen molar-refractivity contribution in [3.8, 4) is 0 Å². The molecule has 0 spiro atoms. The van der Waals surface area contributed by atoms with Gasteiger partial charge in [-0.15, -0.1) is 0 Å². The minimum absolute atomic E-state index is 0.126. The van der Waals surface area contributed by atoms with Crippen molar-refractivity contribution in [2.24, 2.45) is 7.05 Å². The summed E-state index contributed by atoms with van der Waals surface area (Å²) in [6.45, 7) is 6.02. The summed E-state index contributed by atoms with van der Waals surface area (Å²) in [6, 6.07) is 4.10. The Kier molecular flexibility index (Phi) is 4.17. The number of hydrogen-bond acceptors (Lipinski definition) is 5. The van der Waals surface area contributed by atoms with Gasteiger partial charge in [-0.05, 0) is 31.9 Å². The van der Waals surface area contributed by atoms with Gasteiger partial charge in [-0.2, -0.15) is 5.10 Å². The molecule has 3 rings (SSSR count). The zero-order chi connectivity index (χ0) is 16.6. The average Bonchev–Trinajstić information content (AvgIpc) is 2.86. The lowest BCUT2D eigenvalue weighted by molar-refractivity contribution is 0.102. The molecule has 2 heterocycles. The molecule has 0 fully saturated rings. The Labute approximate surface area is 139 Å². The van der Waals surface area contributed by atoms with E-state index in [9.17, 15) is 4.79 Å². The number of carbonyl (C=O) groups is 1. The second-order valence-corrected chi connectivity index (χ2v) is 6.63. The Morgan fingerprint density at radius 3 is 2.57 bits per heavy atom. The quantitative estimate of drug-likeness (QED) is 0.418. The number of carbonyl (C=O) groups excluding carboxylic acids is 1. The highest BCUT2D eigenvalue weighted by Crippen LogP contribution is 2.26. The molecular weight excluding hydrogens is 308 g/mol. The minimum Gasteiger partial charge on any atom is -0.293 e. The van der Waals surface area contributed by atoms with E-state index in [1.165, 1.54) is 23.7 Å². The first-order chi connectivity index (χ1) is 11.0. The molecule has 0 saturated heterocycles. The molecule has 5 nitrogen and oxygen atoms in total. The van der Waals surface area contributed by atoms with Crippen molar-refractivity contribution in [3.05, 3.63) is 46.9 Å². The smallest absolute Gasteiger partial charge is 0.173 e. The standard InChI is InChI=1S/C17H18N4OS/c1-10-5-11(2)15(12(3)6-10)14(22)8-23-17-13-7-20-21(4)16(13)18-9-19-17/h5-7,9H,8H2,1-4H3. The first kappa shape index (κ1) is 15.7. The van der Waals surface area contributed by atoms with Gasteiger partial charge in [-0.25, -0.2) is 9.97 Å². The van der Waals surface area contributed by atoms with Crippen LogP contribution in [-0.4, -0.2) is 31.3 Å². The highest BCUT2D eigenvalue weighted by molar-refractivity contribution is 8.00. The van der Waals surface area contributed by atoms with Gasteiger partial charge in [0, 0.05) is 12.6 Å². The molecule has 0 aliphatic rings. The number of Topliss-reactive ketones (excluding diaryl/α,β-unsaturated/α-hetero) is 1. The fourth-order valence-electron chi connectivity index (χ4n) is 2.88. The van der Waals surface area contributed by atoms with Crippen LogP contribution in [0.15, 0.2) is 29.7 Å². The first-order valence-electron chi connectivity index (χ1n) is 7.34. The number of nitrogens with zero attached hydrogens (tertiary/aromatic N) is 4. The predicted molar refractivity (Wildman–Crippen MR) is 92.0 cm³/mol. The van der Waals surface area contributed by atoms with Crippen LogP contribution in [0, 0.1) is 20.8 Å². The topological polar surface area (TPSA) is 60.7 Å². The number of hydrogen-bond donors (Lipinski definition) is 0. The Morgan fingerprint density at radius 1 is 1.17 bits per heavy atom. The second-order valence-electron chi connectivity index (χ2n) is 5.67. The maximum absolute atomic E-state index is 12.6. The molecule has 2 aromatic heterocycles. The monoisotopic (exact) mass is 326 g/mol. The van der Waals surface area contributed by atoms with Gasteiger partial charge in [0.25, 0.3) is 0 Å². The van der Waals surface area contributed by atoms with Gasteiger partial charge < -0.3 is 0 Å². The summed E-state index contributed by atoms with van der Waals surface area (Å²) >= 11 is 1.43. The third kappa shape index (κ3) is 2.99. The molecule has 118 valence electrons. The number of ketones is 1. The highest BCUT2D eigenvalue weighted by Gasteiger charge is 2.15. The normalized spacial score (nSPS) is 11.1. The molecule has 0 radical (unpaired) electrons. The van der Waals surface area contributed by atoms with Crippen LogP contribution in [0.25, 0.3) is 11.0 Å². The van der Waals surface area contributed by atoms with Crippen molar-refractivity contribution < 1.29 is 4.79 Å². The molecule has 0 unspecified atom stereocenters. The predicted octanol–water partition coefficient (Wildman–Crippen LogP) is 3.26. The van der Waals surface area contributed by atoms with E-state index in [0.29, 0.717) is 5.75 Å². The van der Waals surface area contributed by atoms with Crippen LogP contribution in [0.4, 0.5) is 0 Å². The van der Waals surface area contributed by atoms with E-state index in [2.05, 4.69) is 27.2 Å². The van der Waals surface area contributed by atoms with Gasteiger partial charge in [-0.1, -0.05) is 29.5 Å². The van der Waals surface area contributed by atoms with Crippen LogP contribution in [0.2, 0.25) is 0 Å². The number of thioether (sulfide) groups is 1. The van der Waals surface area contributed by atoms with Gasteiger partial charge in [0.1, 0.15) is 11.4 Å². The minimum atomic E-state index is 0.126. The third-order valence-corrected chi connectivity index (χ3v) is 4.79. The van der Waals surface area contributed by atoms with Gasteiger partial charge >= 0.3 is 0 Å². The number of rotatable bonds is 4. The SMILES string of the molecule is Cc1cc(C)c(C(=O)CSc2ncnc3c2cnn3C)c(C)c1. The van der Waals surface area contributed by atoms with Crippen LogP contribution in [0.5, 0.6) is 0 Å². The molecule has 3 aromatic rings. The lowest BCUT2D eigenvalue weighted by Crippen LogP contribution is -2.08. The molecule has 0 aliphatic carbocycles. The maximum Gasteiger partial charge on any atom is 0.173 e. The summed E-state index contributed by atoms with van der Waals surface area (Å²) in [5.41, 5.74) is 4.83. The number of aromatic nitrogens is 4. The lowest BCUT2D eigenvalue weighted by atomic mass is 9.97. The van der Waals surface area contributed by atoms with E-state index < -0.39 is 0 Å². The van der Waals surface area contributed by atoms with Gasteiger partial charge in [-0.3, -0.25) is 9.48 Å². The third-order valence-electron chi connectivity index (χ3n) is 3.79.